The molecule has 1 saturated heterocycles. The molecule has 0 amide bonds. The molecule has 1 fully saturated rings. The molecule has 0 aromatic carbocycles. The molecule has 0 aliphatic carbocycles. The van der Waals surface area contributed by atoms with E-state index in [0.717, 1.165) is 31.7 Å². The van der Waals surface area contributed by atoms with Crippen LogP contribution in [0, 0.1) is 6.92 Å². The van der Waals surface area contributed by atoms with E-state index in [1.54, 1.807) is 4.57 Å². The highest BCUT2D eigenvalue weighted by Gasteiger charge is 2.14. The van der Waals surface area contributed by atoms with Crippen molar-refractivity contribution in [1.29, 1.82) is 0 Å². The van der Waals surface area contributed by atoms with Gasteiger partial charge in [-0.2, -0.15) is 0 Å². The average molecular weight is 236 g/mol. The maximum absolute atomic E-state index is 11.7. The molecular formula is C13H20N2O2. The first-order chi connectivity index (χ1) is 8.27. The molecule has 1 aromatic heterocycles. The Kier molecular flexibility index (Phi) is 4.34. The zero-order valence-corrected chi connectivity index (χ0v) is 10.3. The molecule has 1 unspecified atom stereocenters. The largest absolute Gasteiger partial charge is 0.377 e. The third-order valence-corrected chi connectivity index (χ3v) is 3.14. The maximum atomic E-state index is 11.7. The summed E-state index contributed by atoms with van der Waals surface area (Å²) in [5, 5.41) is 3.34. The van der Waals surface area contributed by atoms with E-state index in [9.17, 15) is 4.79 Å². The lowest BCUT2D eigenvalue weighted by Gasteiger charge is -2.11. The lowest BCUT2D eigenvalue weighted by molar-refractivity contribution is 0.110. The van der Waals surface area contributed by atoms with Gasteiger partial charge in [0.2, 0.25) is 0 Å². The van der Waals surface area contributed by atoms with Gasteiger partial charge in [-0.15, -0.1) is 0 Å². The lowest BCUT2D eigenvalue weighted by atomic mass is 10.2. The topological polar surface area (TPSA) is 43.3 Å². The molecule has 1 aliphatic heterocycles. The van der Waals surface area contributed by atoms with Crippen LogP contribution in [0.5, 0.6) is 0 Å². The van der Waals surface area contributed by atoms with Crippen LogP contribution in [0.1, 0.15) is 18.4 Å². The van der Waals surface area contributed by atoms with E-state index in [1.807, 2.05) is 25.3 Å². The molecule has 4 nitrogen and oxygen atoms in total. The third-order valence-electron chi connectivity index (χ3n) is 3.14. The Hall–Kier alpha value is -1.13. The molecule has 0 radical (unpaired) electrons. The molecule has 94 valence electrons. The van der Waals surface area contributed by atoms with E-state index in [0.29, 0.717) is 12.6 Å². The Morgan fingerprint density at radius 1 is 1.59 bits per heavy atom. The summed E-state index contributed by atoms with van der Waals surface area (Å²) in [6.45, 7) is 5.15. The van der Waals surface area contributed by atoms with E-state index in [2.05, 4.69) is 5.32 Å². The number of nitrogens with one attached hydrogen (secondary N) is 1. The van der Waals surface area contributed by atoms with Crippen LogP contribution < -0.4 is 10.9 Å². The van der Waals surface area contributed by atoms with E-state index < -0.39 is 0 Å². The van der Waals surface area contributed by atoms with Crippen molar-refractivity contribution in [2.24, 2.45) is 0 Å². The fourth-order valence-corrected chi connectivity index (χ4v) is 2.10. The molecular weight excluding hydrogens is 216 g/mol. The number of hydrogen-bond donors (Lipinski definition) is 1. The first kappa shape index (κ1) is 12.3. The molecule has 2 heterocycles. The van der Waals surface area contributed by atoms with E-state index >= 15 is 0 Å². The van der Waals surface area contributed by atoms with Crippen LogP contribution in [-0.4, -0.2) is 30.4 Å². The van der Waals surface area contributed by atoms with Gasteiger partial charge in [-0.3, -0.25) is 4.79 Å². The number of aromatic nitrogens is 1. The predicted octanol–water partition coefficient (Wildman–Crippen LogP) is 0.925. The molecule has 0 saturated carbocycles. The van der Waals surface area contributed by atoms with Crippen LogP contribution in [0.3, 0.4) is 0 Å². The van der Waals surface area contributed by atoms with Gasteiger partial charge in [0.25, 0.3) is 5.56 Å². The van der Waals surface area contributed by atoms with Gasteiger partial charge >= 0.3 is 0 Å². The highest BCUT2D eigenvalue weighted by atomic mass is 16.5. The molecule has 0 spiro atoms. The highest BCUT2D eigenvalue weighted by Crippen LogP contribution is 2.10. The molecule has 2 rings (SSSR count). The van der Waals surface area contributed by atoms with E-state index in [-0.39, 0.29) is 5.56 Å². The summed E-state index contributed by atoms with van der Waals surface area (Å²) in [5.74, 6) is 0. The summed E-state index contributed by atoms with van der Waals surface area (Å²) in [5.41, 5.74) is 0.901. The highest BCUT2D eigenvalue weighted by molar-refractivity contribution is 5.07. The standard InChI is InChI=1S/C13H20N2O2/c1-11-4-2-7-15(13(11)16)8-6-14-10-12-5-3-9-17-12/h2,4,7,12,14H,3,5-6,8-10H2,1H3. The van der Waals surface area contributed by atoms with Gasteiger partial charge < -0.3 is 14.6 Å². The molecule has 1 atom stereocenters. The fraction of sp³-hybridized carbons (Fsp3) is 0.615. The minimum atomic E-state index is 0.103. The molecule has 1 aromatic rings. The smallest absolute Gasteiger partial charge is 0.253 e. The Labute approximate surface area is 102 Å². The number of rotatable bonds is 5. The first-order valence-electron chi connectivity index (χ1n) is 6.26. The van der Waals surface area contributed by atoms with Crippen molar-refractivity contribution in [2.45, 2.75) is 32.4 Å². The zero-order chi connectivity index (χ0) is 12.1. The van der Waals surface area contributed by atoms with Gasteiger partial charge in [-0.25, -0.2) is 0 Å². The summed E-state index contributed by atoms with van der Waals surface area (Å²) >= 11 is 0. The van der Waals surface area contributed by atoms with Gasteiger partial charge in [0, 0.05) is 38.0 Å². The van der Waals surface area contributed by atoms with Crippen molar-refractivity contribution in [3.8, 4) is 0 Å². The average Bonchev–Trinajstić information content (AvgIpc) is 2.83. The minimum absolute atomic E-state index is 0.103. The summed E-state index contributed by atoms with van der Waals surface area (Å²) in [6, 6.07) is 3.76. The van der Waals surface area contributed by atoms with Crippen molar-refractivity contribution in [3.05, 3.63) is 34.2 Å². The van der Waals surface area contributed by atoms with Crippen LogP contribution in [0.2, 0.25) is 0 Å². The minimum Gasteiger partial charge on any atom is -0.377 e. The Bertz CT molecular complexity index is 408. The fourth-order valence-electron chi connectivity index (χ4n) is 2.10. The SMILES string of the molecule is Cc1cccn(CCNCC2CCCO2)c1=O. The van der Waals surface area contributed by atoms with Crippen LogP contribution in [0.15, 0.2) is 23.1 Å². The summed E-state index contributed by atoms with van der Waals surface area (Å²) in [7, 11) is 0. The molecule has 17 heavy (non-hydrogen) atoms. The predicted molar refractivity (Wildman–Crippen MR) is 67.3 cm³/mol. The van der Waals surface area contributed by atoms with Crippen molar-refractivity contribution in [3.63, 3.8) is 0 Å². The van der Waals surface area contributed by atoms with Gasteiger partial charge in [0.1, 0.15) is 0 Å². The number of hydrogen-bond acceptors (Lipinski definition) is 3. The summed E-state index contributed by atoms with van der Waals surface area (Å²) < 4.78 is 7.26. The monoisotopic (exact) mass is 236 g/mol. The summed E-state index contributed by atoms with van der Waals surface area (Å²) in [6.07, 6.45) is 4.52. The maximum Gasteiger partial charge on any atom is 0.253 e. The van der Waals surface area contributed by atoms with Crippen LogP contribution in [0.4, 0.5) is 0 Å². The Morgan fingerprint density at radius 2 is 2.47 bits per heavy atom. The van der Waals surface area contributed by atoms with Crippen LogP contribution in [-0.2, 0) is 11.3 Å². The summed E-state index contributed by atoms with van der Waals surface area (Å²) in [4.78, 5) is 11.7. The molecule has 4 heteroatoms. The lowest BCUT2D eigenvalue weighted by Crippen LogP contribution is -2.32. The molecule has 0 bridgehead atoms. The normalized spacial score (nSPS) is 19.7. The van der Waals surface area contributed by atoms with Gasteiger partial charge in [0.05, 0.1) is 6.10 Å². The van der Waals surface area contributed by atoms with Gasteiger partial charge in [-0.1, -0.05) is 6.07 Å². The van der Waals surface area contributed by atoms with Gasteiger partial charge in [0.15, 0.2) is 0 Å². The molecule has 1 N–H and O–H groups in total. The number of ether oxygens (including phenoxy) is 1. The van der Waals surface area contributed by atoms with Crippen molar-refractivity contribution < 1.29 is 4.74 Å². The second-order valence-electron chi connectivity index (χ2n) is 4.53. The third kappa shape index (κ3) is 3.41. The second kappa shape index (κ2) is 5.98. The van der Waals surface area contributed by atoms with E-state index in [1.165, 1.54) is 6.42 Å². The first-order valence-corrected chi connectivity index (χ1v) is 6.26. The van der Waals surface area contributed by atoms with Crippen molar-refractivity contribution >= 4 is 0 Å². The number of pyridine rings is 1. The second-order valence-corrected chi connectivity index (χ2v) is 4.53. The van der Waals surface area contributed by atoms with Gasteiger partial charge in [-0.05, 0) is 25.8 Å². The Balaban J connectivity index is 1.74. The Morgan fingerprint density at radius 3 is 3.24 bits per heavy atom. The zero-order valence-electron chi connectivity index (χ0n) is 10.3. The molecule has 1 aliphatic rings. The van der Waals surface area contributed by atoms with E-state index in [4.69, 9.17) is 4.74 Å². The van der Waals surface area contributed by atoms with Crippen molar-refractivity contribution in [1.82, 2.24) is 9.88 Å². The quantitative estimate of drug-likeness (QED) is 0.773. The van der Waals surface area contributed by atoms with Crippen LogP contribution in [0.25, 0.3) is 0 Å². The number of aryl methyl sites for hydroxylation is 1. The van der Waals surface area contributed by atoms with Crippen molar-refractivity contribution in [2.75, 3.05) is 19.7 Å². The van der Waals surface area contributed by atoms with Crippen LogP contribution >= 0.6 is 0 Å². The number of nitrogens with zero attached hydrogens (tertiary/aromatic N) is 1.